The summed E-state index contributed by atoms with van der Waals surface area (Å²) < 4.78 is 7.40. The van der Waals surface area contributed by atoms with Crippen molar-refractivity contribution in [1.29, 1.82) is 0 Å². The van der Waals surface area contributed by atoms with E-state index in [1.807, 2.05) is 28.8 Å². The Labute approximate surface area is 170 Å². The maximum Gasteiger partial charge on any atom is 0.344 e. The fraction of sp³-hybridized carbons (Fsp3) is 0.435. The van der Waals surface area contributed by atoms with Crippen molar-refractivity contribution in [2.24, 2.45) is 0 Å². The smallest absolute Gasteiger partial charge is 0.344 e. The number of aromatic nitrogens is 3. The second kappa shape index (κ2) is 8.64. The molecule has 0 atom stereocenters. The zero-order chi connectivity index (χ0) is 20.2. The average molecular weight is 393 g/mol. The average Bonchev–Trinajstić information content (AvgIpc) is 3.01. The Morgan fingerprint density at radius 3 is 2.72 bits per heavy atom. The predicted octanol–water partition coefficient (Wildman–Crippen LogP) is 5.01. The molecule has 0 unspecified atom stereocenters. The van der Waals surface area contributed by atoms with Crippen LogP contribution in [0, 0.1) is 0 Å². The van der Waals surface area contributed by atoms with Crippen LogP contribution >= 0.6 is 0 Å². The van der Waals surface area contributed by atoms with E-state index >= 15 is 0 Å². The molecule has 6 heteroatoms. The zero-order valence-corrected chi connectivity index (χ0v) is 17.0. The highest BCUT2D eigenvalue weighted by Crippen LogP contribution is 2.30. The van der Waals surface area contributed by atoms with Crippen molar-refractivity contribution in [3.8, 4) is 0 Å². The second-order valence-electron chi connectivity index (χ2n) is 7.64. The summed E-state index contributed by atoms with van der Waals surface area (Å²) in [5, 5.41) is 0. The van der Waals surface area contributed by atoms with E-state index in [-0.39, 0.29) is 0 Å². The summed E-state index contributed by atoms with van der Waals surface area (Å²) in [6.45, 7) is 3.13. The number of benzene rings is 1. The Morgan fingerprint density at radius 1 is 1.21 bits per heavy atom. The molecule has 6 nitrogen and oxygen atoms in total. The molecule has 29 heavy (non-hydrogen) atoms. The number of carbonyl (C=O) groups is 1. The van der Waals surface area contributed by atoms with Crippen LogP contribution in [0.3, 0.4) is 0 Å². The number of fused-ring (bicyclic) bond motifs is 2. The molecule has 0 bridgehead atoms. The maximum absolute atomic E-state index is 12.8. The Bertz CT molecular complexity index is 1070. The SMILES string of the molecule is CCCCOC(=O)c1c(N)n(CCC2=CCCCC2)c2nc3ccccc3nc12. The van der Waals surface area contributed by atoms with Gasteiger partial charge >= 0.3 is 5.97 Å². The van der Waals surface area contributed by atoms with E-state index < -0.39 is 5.97 Å². The standard InChI is InChI=1S/C23H28N4O2/c1-2-3-15-29-23(28)19-20-22(26-18-12-8-7-11-17(18)25-20)27(21(19)24)14-13-16-9-5-4-6-10-16/h7-9,11-12H,2-6,10,13-15,24H2,1H3. The van der Waals surface area contributed by atoms with E-state index in [0.717, 1.165) is 43.1 Å². The van der Waals surface area contributed by atoms with Gasteiger partial charge in [-0.2, -0.15) is 0 Å². The summed E-state index contributed by atoms with van der Waals surface area (Å²) in [5.41, 5.74) is 11.0. The number of nitrogens with zero attached hydrogens (tertiary/aromatic N) is 3. The van der Waals surface area contributed by atoms with Crippen LogP contribution in [-0.4, -0.2) is 27.1 Å². The van der Waals surface area contributed by atoms with Gasteiger partial charge in [-0.3, -0.25) is 0 Å². The highest BCUT2D eigenvalue weighted by Gasteiger charge is 2.25. The number of unbranched alkanes of at least 4 members (excludes halogenated alkanes) is 1. The molecule has 1 aliphatic rings. The van der Waals surface area contributed by atoms with E-state index in [2.05, 4.69) is 13.0 Å². The van der Waals surface area contributed by atoms with Gasteiger partial charge in [0.2, 0.25) is 0 Å². The molecule has 0 saturated carbocycles. The van der Waals surface area contributed by atoms with Crippen LogP contribution in [-0.2, 0) is 11.3 Å². The molecule has 2 aromatic heterocycles. The third-order valence-electron chi connectivity index (χ3n) is 5.57. The fourth-order valence-electron chi connectivity index (χ4n) is 3.91. The number of allylic oxidation sites excluding steroid dienone is 2. The molecule has 1 aromatic carbocycles. The first kappa shape index (κ1) is 19.4. The molecule has 0 amide bonds. The minimum Gasteiger partial charge on any atom is -0.462 e. The van der Waals surface area contributed by atoms with Crippen molar-refractivity contribution in [3.63, 3.8) is 0 Å². The molecule has 2 heterocycles. The van der Waals surface area contributed by atoms with Gasteiger partial charge in [0, 0.05) is 6.54 Å². The number of para-hydroxylation sites is 2. The van der Waals surface area contributed by atoms with Crippen LogP contribution < -0.4 is 5.73 Å². The molecule has 0 aliphatic heterocycles. The van der Waals surface area contributed by atoms with Crippen LogP contribution in [0.25, 0.3) is 22.2 Å². The van der Waals surface area contributed by atoms with Gasteiger partial charge in [0.05, 0.1) is 17.6 Å². The molecule has 0 radical (unpaired) electrons. The predicted molar refractivity (Wildman–Crippen MR) is 116 cm³/mol. The highest BCUT2D eigenvalue weighted by atomic mass is 16.5. The van der Waals surface area contributed by atoms with Gasteiger partial charge in [-0.15, -0.1) is 0 Å². The monoisotopic (exact) mass is 392 g/mol. The molecule has 0 saturated heterocycles. The normalized spacial score (nSPS) is 14.3. The maximum atomic E-state index is 12.8. The molecular formula is C23H28N4O2. The lowest BCUT2D eigenvalue weighted by Crippen LogP contribution is -2.11. The van der Waals surface area contributed by atoms with E-state index in [0.29, 0.717) is 35.7 Å². The van der Waals surface area contributed by atoms with E-state index in [1.165, 1.54) is 18.4 Å². The first-order valence-corrected chi connectivity index (χ1v) is 10.6. The van der Waals surface area contributed by atoms with Gasteiger partial charge in [0.15, 0.2) is 5.65 Å². The lowest BCUT2D eigenvalue weighted by Gasteiger charge is -2.14. The van der Waals surface area contributed by atoms with Gasteiger partial charge in [-0.25, -0.2) is 14.8 Å². The number of hydrogen-bond acceptors (Lipinski definition) is 5. The number of anilines is 1. The summed E-state index contributed by atoms with van der Waals surface area (Å²) in [7, 11) is 0. The number of ether oxygens (including phenoxy) is 1. The molecule has 152 valence electrons. The Morgan fingerprint density at radius 2 is 2.00 bits per heavy atom. The van der Waals surface area contributed by atoms with E-state index in [1.54, 1.807) is 0 Å². The summed E-state index contributed by atoms with van der Waals surface area (Å²) in [4.78, 5) is 22.3. The number of nitrogen functional groups attached to an aromatic ring is 1. The van der Waals surface area contributed by atoms with E-state index in [9.17, 15) is 4.79 Å². The molecule has 4 rings (SSSR count). The minimum absolute atomic E-state index is 0.340. The highest BCUT2D eigenvalue weighted by molar-refractivity contribution is 6.08. The summed E-state index contributed by atoms with van der Waals surface area (Å²) in [6, 6.07) is 7.68. The van der Waals surface area contributed by atoms with Crippen molar-refractivity contribution >= 4 is 34.0 Å². The summed E-state index contributed by atoms with van der Waals surface area (Å²) in [5.74, 6) is -0.0191. The number of aryl methyl sites for hydroxylation is 1. The Hall–Kier alpha value is -2.89. The Balaban J connectivity index is 1.76. The van der Waals surface area contributed by atoms with E-state index in [4.69, 9.17) is 20.4 Å². The summed E-state index contributed by atoms with van der Waals surface area (Å²) >= 11 is 0. The van der Waals surface area contributed by atoms with Crippen LogP contribution in [0.1, 0.15) is 62.2 Å². The molecule has 2 N–H and O–H groups in total. The quantitative estimate of drug-likeness (QED) is 0.347. The third-order valence-corrected chi connectivity index (χ3v) is 5.57. The molecule has 1 aliphatic carbocycles. The Kier molecular flexibility index (Phi) is 5.79. The van der Waals surface area contributed by atoms with Gasteiger partial charge < -0.3 is 15.0 Å². The van der Waals surface area contributed by atoms with Crippen molar-refractivity contribution in [2.75, 3.05) is 12.3 Å². The fourth-order valence-corrected chi connectivity index (χ4v) is 3.91. The number of esters is 1. The first-order chi connectivity index (χ1) is 14.2. The number of hydrogen-bond donors (Lipinski definition) is 1. The van der Waals surface area contributed by atoms with Gasteiger partial charge in [0.1, 0.15) is 16.9 Å². The minimum atomic E-state index is -0.416. The molecule has 0 fully saturated rings. The lowest BCUT2D eigenvalue weighted by atomic mass is 9.97. The van der Waals surface area contributed by atoms with Crippen molar-refractivity contribution in [3.05, 3.63) is 41.5 Å². The van der Waals surface area contributed by atoms with Gasteiger partial charge in [-0.1, -0.05) is 37.1 Å². The topological polar surface area (TPSA) is 83.0 Å². The van der Waals surface area contributed by atoms with Crippen LogP contribution in [0.5, 0.6) is 0 Å². The molecule has 3 aromatic rings. The van der Waals surface area contributed by atoms with Crippen molar-refractivity contribution in [2.45, 2.75) is 58.4 Å². The van der Waals surface area contributed by atoms with Crippen molar-refractivity contribution in [1.82, 2.24) is 14.5 Å². The molecule has 0 spiro atoms. The zero-order valence-electron chi connectivity index (χ0n) is 17.0. The first-order valence-electron chi connectivity index (χ1n) is 10.6. The van der Waals surface area contributed by atoms with Crippen LogP contribution in [0.2, 0.25) is 0 Å². The number of nitrogens with two attached hydrogens (primary N) is 1. The molecular weight excluding hydrogens is 364 g/mol. The number of rotatable bonds is 7. The largest absolute Gasteiger partial charge is 0.462 e. The van der Waals surface area contributed by atoms with Gasteiger partial charge in [0.25, 0.3) is 0 Å². The van der Waals surface area contributed by atoms with Crippen molar-refractivity contribution < 1.29 is 9.53 Å². The number of carbonyl (C=O) groups excluding carboxylic acids is 1. The van der Waals surface area contributed by atoms with Crippen LogP contribution in [0.15, 0.2) is 35.9 Å². The lowest BCUT2D eigenvalue weighted by molar-refractivity contribution is 0.0503. The van der Waals surface area contributed by atoms with Crippen LogP contribution in [0.4, 0.5) is 5.82 Å². The summed E-state index contributed by atoms with van der Waals surface area (Å²) in [6.07, 6.45) is 9.84. The second-order valence-corrected chi connectivity index (χ2v) is 7.64. The van der Waals surface area contributed by atoms with Gasteiger partial charge in [-0.05, 0) is 50.7 Å². The third kappa shape index (κ3) is 3.97.